The number of para-hydroxylation sites is 2. The molecule has 1 heterocycles. The van der Waals surface area contributed by atoms with Gasteiger partial charge in [0.25, 0.3) is 0 Å². The summed E-state index contributed by atoms with van der Waals surface area (Å²) in [6.45, 7) is -1.59. The molecule has 1 amide bonds. The van der Waals surface area contributed by atoms with Crippen molar-refractivity contribution in [2.24, 2.45) is 5.92 Å². The first-order valence-corrected chi connectivity index (χ1v) is 11.0. The average molecular weight is 478 g/mol. The third-order valence-corrected chi connectivity index (χ3v) is 6.78. The van der Waals surface area contributed by atoms with E-state index in [1.807, 2.05) is 0 Å². The van der Waals surface area contributed by atoms with Crippen LogP contribution in [0.4, 0.5) is 27.6 Å². The van der Waals surface area contributed by atoms with Crippen LogP contribution in [0.2, 0.25) is 0 Å². The van der Waals surface area contributed by atoms with E-state index in [0.29, 0.717) is 6.07 Å². The van der Waals surface area contributed by atoms with Crippen molar-refractivity contribution < 1.29 is 39.9 Å². The number of sulfonamides is 1. The third-order valence-electron chi connectivity index (χ3n) is 4.89. The lowest BCUT2D eigenvalue weighted by Gasteiger charge is -2.30. The van der Waals surface area contributed by atoms with Crippen LogP contribution in [0, 0.1) is 17.6 Å². The molecule has 0 spiro atoms. The van der Waals surface area contributed by atoms with E-state index < -0.39 is 51.2 Å². The summed E-state index contributed by atoms with van der Waals surface area (Å²) in [7, 11) is -4.07. The first-order chi connectivity index (χ1) is 15.0. The molecule has 1 fully saturated rings. The maximum Gasteiger partial charge on any atom is 0.422 e. The molecule has 6 nitrogen and oxygen atoms in total. The second-order valence-electron chi connectivity index (χ2n) is 7.14. The van der Waals surface area contributed by atoms with E-state index >= 15 is 0 Å². The molecular weight excluding hydrogens is 459 g/mol. The van der Waals surface area contributed by atoms with Crippen molar-refractivity contribution in [1.29, 1.82) is 0 Å². The molecule has 2 aromatic rings. The Kier molecular flexibility index (Phi) is 7.03. The van der Waals surface area contributed by atoms with Gasteiger partial charge in [-0.3, -0.25) is 4.79 Å². The van der Waals surface area contributed by atoms with Gasteiger partial charge in [0.1, 0.15) is 5.75 Å². The standard InChI is InChI=1S/C20H19F5N2O4S/c21-15-6-5-14(11-16(15)22)32(29,30)27-9-7-13(8-10-27)19(28)26-17-3-1-2-4-18(17)31-12-20(23,24)25/h1-6,11,13H,7-10,12H2,(H,26,28). The van der Waals surface area contributed by atoms with Gasteiger partial charge in [0.05, 0.1) is 10.6 Å². The molecule has 0 aromatic heterocycles. The smallest absolute Gasteiger partial charge is 0.422 e. The van der Waals surface area contributed by atoms with Crippen molar-refractivity contribution in [1.82, 2.24) is 4.31 Å². The molecule has 0 unspecified atom stereocenters. The van der Waals surface area contributed by atoms with E-state index in [2.05, 4.69) is 5.32 Å². The van der Waals surface area contributed by atoms with Crippen LogP contribution >= 0.6 is 0 Å². The van der Waals surface area contributed by atoms with E-state index in [9.17, 15) is 35.2 Å². The van der Waals surface area contributed by atoms with Gasteiger partial charge in [0.15, 0.2) is 18.2 Å². The second kappa shape index (κ2) is 9.41. The van der Waals surface area contributed by atoms with Gasteiger partial charge >= 0.3 is 6.18 Å². The monoisotopic (exact) mass is 478 g/mol. The minimum Gasteiger partial charge on any atom is -0.482 e. The molecule has 1 N–H and O–H groups in total. The fourth-order valence-corrected chi connectivity index (χ4v) is 4.72. The zero-order valence-corrected chi connectivity index (χ0v) is 17.3. The van der Waals surface area contributed by atoms with Gasteiger partial charge in [-0.05, 0) is 43.2 Å². The number of piperidine rings is 1. The van der Waals surface area contributed by atoms with Crippen molar-refractivity contribution in [3.05, 3.63) is 54.1 Å². The van der Waals surface area contributed by atoms with Gasteiger partial charge < -0.3 is 10.1 Å². The van der Waals surface area contributed by atoms with Crippen molar-refractivity contribution in [2.45, 2.75) is 23.9 Å². The predicted octanol–water partition coefficient (Wildman–Crippen LogP) is 3.95. The van der Waals surface area contributed by atoms with Gasteiger partial charge in [-0.1, -0.05) is 12.1 Å². The summed E-state index contributed by atoms with van der Waals surface area (Å²) >= 11 is 0. The number of hydrogen-bond acceptors (Lipinski definition) is 4. The first kappa shape index (κ1) is 23.9. The van der Waals surface area contributed by atoms with Crippen LogP contribution in [0.3, 0.4) is 0 Å². The molecule has 2 aromatic carbocycles. The Balaban J connectivity index is 1.62. The number of alkyl halides is 3. The molecule has 32 heavy (non-hydrogen) atoms. The molecule has 1 aliphatic rings. The molecule has 0 saturated carbocycles. The highest BCUT2D eigenvalue weighted by molar-refractivity contribution is 7.89. The molecule has 3 rings (SSSR count). The summed E-state index contributed by atoms with van der Waals surface area (Å²) in [4.78, 5) is 12.2. The molecule has 0 radical (unpaired) electrons. The number of rotatable bonds is 6. The van der Waals surface area contributed by atoms with Crippen molar-refractivity contribution >= 4 is 21.6 Å². The number of amides is 1. The summed E-state index contributed by atoms with van der Waals surface area (Å²) in [5.41, 5.74) is 0.0681. The first-order valence-electron chi connectivity index (χ1n) is 9.52. The van der Waals surface area contributed by atoms with Crippen molar-refractivity contribution in [3.8, 4) is 5.75 Å². The minimum atomic E-state index is -4.54. The lowest BCUT2D eigenvalue weighted by atomic mass is 9.97. The number of ether oxygens (including phenoxy) is 1. The lowest BCUT2D eigenvalue weighted by Crippen LogP contribution is -2.41. The Bertz CT molecular complexity index is 1080. The number of halogens is 5. The number of carbonyl (C=O) groups is 1. The van der Waals surface area contributed by atoms with Gasteiger partial charge in [-0.15, -0.1) is 0 Å². The normalized spacial score (nSPS) is 16.0. The number of anilines is 1. The van der Waals surface area contributed by atoms with Gasteiger partial charge in [-0.2, -0.15) is 17.5 Å². The molecular formula is C20H19F5N2O4S. The SMILES string of the molecule is O=C(Nc1ccccc1OCC(F)(F)F)C1CCN(S(=O)(=O)c2ccc(F)c(F)c2)CC1. The third kappa shape index (κ3) is 5.74. The topological polar surface area (TPSA) is 75.7 Å². The average Bonchev–Trinajstić information content (AvgIpc) is 2.74. The Labute approximate surface area is 181 Å². The fraction of sp³-hybridized carbons (Fsp3) is 0.350. The van der Waals surface area contributed by atoms with Crippen LogP contribution in [-0.2, 0) is 14.8 Å². The summed E-state index contributed by atoms with van der Waals surface area (Å²) in [6, 6.07) is 7.95. The van der Waals surface area contributed by atoms with E-state index in [1.54, 1.807) is 0 Å². The van der Waals surface area contributed by atoms with Gasteiger partial charge in [-0.25, -0.2) is 17.2 Å². The van der Waals surface area contributed by atoms with Crippen LogP contribution in [0.1, 0.15) is 12.8 Å². The van der Waals surface area contributed by atoms with E-state index in [-0.39, 0.29) is 37.4 Å². The maximum atomic E-state index is 13.4. The largest absolute Gasteiger partial charge is 0.482 e. The highest BCUT2D eigenvalue weighted by atomic mass is 32.2. The lowest BCUT2D eigenvalue weighted by molar-refractivity contribution is -0.153. The number of benzene rings is 2. The molecule has 0 aliphatic carbocycles. The van der Waals surface area contributed by atoms with Crippen LogP contribution in [-0.4, -0.2) is 44.5 Å². The Morgan fingerprint density at radius 1 is 1.06 bits per heavy atom. The minimum absolute atomic E-state index is 0.0361. The van der Waals surface area contributed by atoms with Crippen LogP contribution < -0.4 is 10.1 Å². The molecule has 174 valence electrons. The summed E-state index contributed by atoms with van der Waals surface area (Å²) in [5.74, 6) is -3.68. The van der Waals surface area contributed by atoms with E-state index in [0.717, 1.165) is 16.4 Å². The Hall–Kier alpha value is -2.73. The molecule has 1 saturated heterocycles. The fourth-order valence-electron chi connectivity index (χ4n) is 3.23. The number of nitrogens with zero attached hydrogens (tertiary/aromatic N) is 1. The maximum absolute atomic E-state index is 13.4. The van der Waals surface area contributed by atoms with Crippen molar-refractivity contribution in [2.75, 3.05) is 25.0 Å². The van der Waals surface area contributed by atoms with Crippen LogP contribution in [0.5, 0.6) is 5.75 Å². The van der Waals surface area contributed by atoms with E-state index in [1.165, 1.54) is 24.3 Å². The van der Waals surface area contributed by atoms with Gasteiger partial charge in [0, 0.05) is 19.0 Å². The van der Waals surface area contributed by atoms with Crippen molar-refractivity contribution in [3.63, 3.8) is 0 Å². The van der Waals surface area contributed by atoms with E-state index in [4.69, 9.17) is 4.74 Å². The van der Waals surface area contributed by atoms with Gasteiger partial charge in [0.2, 0.25) is 15.9 Å². The molecule has 12 heteroatoms. The second-order valence-corrected chi connectivity index (χ2v) is 9.08. The predicted molar refractivity (Wildman–Crippen MR) is 104 cm³/mol. The summed E-state index contributed by atoms with van der Waals surface area (Å²) in [5, 5.41) is 2.52. The zero-order valence-electron chi connectivity index (χ0n) is 16.5. The van der Waals surface area contributed by atoms with Crippen LogP contribution in [0.15, 0.2) is 47.4 Å². The highest BCUT2D eigenvalue weighted by Crippen LogP contribution is 2.29. The van der Waals surface area contributed by atoms with Crippen LogP contribution in [0.25, 0.3) is 0 Å². The zero-order chi connectivity index (χ0) is 23.5. The number of nitrogens with one attached hydrogen (secondary N) is 1. The Morgan fingerprint density at radius 2 is 1.72 bits per heavy atom. The summed E-state index contributed by atoms with van der Waals surface area (Å²) < 4.78 is 94.9. The summed E-state index contributed by atoms with van der Waals surface area (Å²) in [6.07, 6.45) is -4.26. The highest BCUT2D eigenvalue weighted by Gasteiger charge is 2.33. The number of carbonyl (C=O) groups excluding carboxylic acids is 1. The molecule has 1 aliphatic heterocycles. The molecule has 0 atom stereocenters. The Morgan fingerprint density at radius 3 is 2.34 bits per heavy atom. The molecule has 0 bridgehead atoms. The number of hydrogen-bond donors (Lipinski definition) is 1. The quantitative estimate of drug-likeness (QED) is 0.639.